The minimum absolute atomic E-state index is 0.313. The first-order chi connectivity index (χ1) is 26.4. The van der Waals surface area contributed by atoms with Gasteiger partial charge in [0.15, 0.2) is 8.07 Å². The fourth-order valence-electron chi connectivity index (χ4n) is 10.4. The average Bonchev–Trinajstić information content (AvgIpc) is 3.33. The third-order valence-electron chi connectivity index (χ3n) is 12.6. The Kier molecular flexibility index (Phi) is 10.9. The van der Waals surface area contributed by atoms with Crippen LogP contribution in [0.2, 0.25) is 0 Å². The second-order valence-electron chi connectivity index (χ2n) is 16.7. The average molecular weight is 735 g/mol. The van der Waals surface area contributed by atoms with Gasteiger partial charge < -0.3 is 0 Å². The number of hydrogen-bond acceptors (Lipinski definition) is 0. The van der Waals surface area contributed by atoms with Crippen molar-refractivity contribution in [2.75, 3.05) is 0 Å². The Morgan fingerprint density at radius 3 is 0.982 bits per heavy atom. The third kappa shape index (κ3) is 7.16. The van der Waals surface area contributed by atoms with Gasteiger partial charge in [0, 0.05) is 0 Å². The summed E-state index contributed by atoms with van der Waals surface area (Å²) in [6.45, 7) is 24.0. The summed E-state index contributed by atoms with van der Waals surface area (Å²) in [7, 11) is -3.16. The van der Waals surface area contributed by atoms with Crippen LogP contribution in [-0.2, 0) is 19.3 Å². The standard InChI is InChI=1S/C54H58Si/c1-35-26-38(4)51(48(29-35)32-45-20-14-11-15-21-45)55(54-43(9)41(7)42(8)44(54)10,52-39(5)27-36(2)30-49(52)33-46-22-16-12-17-23-46)53-40(6)28-37(3)31-50(53)34-47-24-18-13-19-25-47/h11-31,43H,32-34H2,1-10H3. The molecule has 1 atom stereocenters. The van der Waals surface area contributed by atoms with Crippen LogP contribution in [0.5, 0.6) is 0 Å². The first-order valence-corrected chi connectivity index (χ1v) is 22.2. The van der Waals surface area contributed by atoms with Gasteiger partial charge in [-0.25, -0.2) is 0 Å². The highest BCUT2D eigenvalue weighted by molar-refractivity contribution is 7.17. The molecule has 55 heavy (non-hydrogen) atoms. The monoisotopic (exact) mass is 734 g/mol. The van der Waals surface area contributed by atoms with E-state index in [4.69, 9.17) is 0 Å². The molecule has 0 fully saturated rings. The van der Waals surface area contributed by atoms with Crippen molar-refractivity contribution >= 4 is 23.6 Å². The molecule has 6 aromatic carbocycles. The maximum absolute atomic E-state index is 3.16. The van der Waals surface area contributed by atoms with Crippen molar-refractivity contribution in [3.63, 3.8) is 0 Å². The second-order valence-corrected chi connectivity index (χ2v) is 20.2. The molecule has 0 N–H and O–H groups in total. The van der Waals surface area contributed by atoms with E-state index in [1.165, 1.54) is 83.5 Å². The van der Waals surface area contributed by atoms with E-state index < -0.39 is 8.07 Å². The normalized spacial score (nSPS) is 14.6. The summed E-state index contributed by atoms with van der Waals surface area (Å²) in [5, 5.41) is 6.45. The van der Waals surface area contributed by atoms with Gasteiger partial charge in [-0.3, -0.25) is 0 Å². The minimum atomic E-state index is -3.16. The second kappa shape index (κ2) is 15.6. The van der Waals surface area contributed by atoms with Crippen LogP contribution in [0.25, 0.3) is 0 Å². The van der Waals surface area contributed by atoms with E-state index in [0.717, 1.165) is 19.3 Å². The molecule has 0 bridgehead atoms. The molecule has 0 aliphatic heterocycles. The SMILES string of the molecule is CC1=C(C)C(C)C([Si](c2c(C)cc(C)cc2Cc2ccccc2)(c2c(C)cc(C)cc2Cc2ccccc2)c2c(C)cc(C)cc2Cc2ccccc2)=C1C. The number of rotatable bonds is 10. The van der Waals surface area contributed by atoms with Crippen LogP contribution in [0.4, 0.5) is 0 Å². The summed E-state index contributed by atoms with van der Waals surface area (Å²) in [6.07, 6.45) is 2.70. The zero-order valence-corrected chi connectivity index (χ0v) is 35.8. The van der Waals surface area contributed by atoms with Crippen LogP contribution in [0.3, 0.4) is 0 Å². The van der Waals surface area contributed by atoms with Gasteiger partial charge in [0.2, 0.25) is 0 Å². The van der Waals surface area contributed by atoms with E-state index in [-0.39, 0.29) is 0 Å². The van der Waals surface area contributed by atoms with Gasteiger partial charge in [0.05, 0.1) is 0 Å². The first-order valence-electron chi connectivity index (χ1n) is 20.2. The van der Waals surface area contributed by atoms with E-state index in [0.29, 0.717) is 5.92 Å². The fourth-order valence-corrected chi connectivity index (χ4v) is 17.5. The molecule has 0 spiro atoms. The van der Waals surface area contributed by atoms with Crippen molar-refractivity contribution < 1.29 is 0 Å². The van der Waals surface area contributed by atoms with Gasteiger partial charge in [-0.05, 0) is 142 Å². The summed E-state index contributed by atoms with van der Waals surface area (Å²) >= 11 is 0. The quantitative estimate of drug-likeness (QED) is 0.0971. The van der Waals surface area contributed by atoms with Crippen LogP contribution in [0.15, 0.2) is 149 Å². The smallest absolute Gasteiger partial charge is 0.0636 e. The molecule has 0 heterocycles. The fraction of sp³-hybridized carbons (Fsp3) is 0.259. The van der Waals surface area contributed by atoms with E-state index >= 15 is 0 Å². The van der Waals surface area contributed by atoms with E-state index in [2.05, 4.69) is 197 Å². The lowest BCUT2D eigenvalue weighted by atomic mass is 9.99. The van der Waals surface area contributed by atoms with E-state index in [9.17, 15) is 0 Å². The molecule has 0 radical (unpaired) electrons. The summed E-state index contributed by atoms with van der Waals surface area (Å²) < 4.78 is 0. The molecule has 7 rings (SSSR count). The molecule has 0 aromatic heterocycles. The van der Waals surface area contributed by atoms with E-state index in [1.807, 2.05) is 0 Å². The molecule has 6 aromatic rings. The Bertz CT molecular complexity index is 2190. The van der Waals surface area contributed by atoms with Crippen LogP contribution >= 0.6 is 0 Å². The molecule has 1 aliphatic carbocycles. The molecule has 1 aliphatic rings. The van der Waals surface area contributed by atoms with Crippen molar-refractivity contribution in [2.45, 2.75) is 88.5 Å². The highest BCUT2D eigenvalue weighted by Gasteiger charge is 2.53. The van der Waals surface area contributed by atoms with Gasteiger partial charge in [-0.15, -0.1) is 0 Å². The third-order valence-corrected chi connectivity index (χ3v) is 18.6. The Balaban J connectivity index is 1.75. The van der Waals surface area contributed by atoms with Crippen LogP contribution in [-0.4, -0.2) is 8.07 Å². The Labute approximate surface area is 332 Å². The summed E-state index contributed by atoms with van der Waals surface area (Å²) in [4.78, 5) is 0. The predicted octanol–water partition coefficient (Wildman–Crippen LogP) is 11.6. The molecule has 0 nitrogen and oxygen atoms in total. The minimum Gasteiger partial charge on any atom is -0.0636 e. The molecule has 1 unspecified atom stereocenters. The van der Waals surface area contributed by atoms with Crippen LogP contribution in [0.1, 0.15) is 94.5 Å². The van der Waals surface area contributed by atoms with Crippen molar-refractivity contribution in [2.24, 2.45) is 5.92 Å². The molecular formula is C54H58Si. The van der Waals surface area contributed by atoms with Crippen molar-refractivity contribution in [1.82, 2.24) is 0 Å². The maximum atomic E-state index is 2.54. The van der Waals surface area contributed by atoms with Crippen LogP contribution in [0, 0.1) is 47.5 Å². The largest absolute Gasteiger partial charge is 0.178 e. The topological polar surface area (TPSA) is 0 Å². The summed E-state index contributed by atoms with van der Waals surface area (Å²) in [5.41, 5.74) is 21.3. The first kappa shape index (κ1) is 38.3. The number of aryl methyl sites for hydroxylation is 6. The lowest BCUT2D eigenvalue weighted by Gasteiger charge is -2.45. The van der Waals surface area contributed by atoms with Crippen molar-refractivity contribution in [3.05, 3.63) is 216 Å². The highest BCUT2D eigenvalue weighted by atomic mass is 28.3. The summed E-state index contributed by atoms with van der Waals surface area (Å²) in [6, 6.07) is 48.7. The lowest BCUT2D eigenvalue weighted by Crippen LogP contribution is -2.73. The van der Waals surface area contributed by atoms with Crippen LogP contribution < -0.4 is 15.6 Å². The van der Waals surface area contributed by atoms with Gasteiger partial charge in [0.1, 0.15) is 0 Å². The zero-order chi connectivity index (χ0) is 39.0. The van der Waals surface area contributed by atoms with E-state index in [1.54, 1.807) is 20.8 Å². The lowest BCUT2D eigenvalue weighted by molar-refractivity contribution is 0.851. The molecule has 278 valence electrons. The van der Waals surface area contributed by atoms with Crippen molar-refractivity contribution in [1.29, 1.82) is 0 Å². The van der Waals surface area contributed by atoms with Gasteiger partial charge in [-0.2, -0.15) is 0 Å². The summed E-state index contributed by atoms with van der Waals surface area (Å²) in [5.74, 6) is 0.313. The molecular weight excluding hydrogens is 677 g/mol. The number of hydrogen-bond donors (Lipinski definition) is 0. The predicted molar refractivity (Wildman–Crippen MR) is 240 cm³/mol. The van der Waals surface area contributed by atoms with Gasteiger partial charge in [-0.1, -0.05) is 184 Å². The molecule has 1 heteroatoms. The number of allylic oxidation sites excluding steroid dienone is 4. The Morgan fingerprint density at radius 2 is 0.709 bits per heavy atom. The van der Waals surface area contributed by atoms with Gasteiger partial charge in [0.25, 0.3) is 0 Å². The Morgan fingerprint density at radius 1 is 0.400 bits per heavy atom. The Hall–Kier alpha value is -4.98. The molecule has 0 saturated heterocycles. The van der Waals surface area contributed by atoms with Gasteiger partial charge >= 0.3 is 0 Å². The number of benzene rings is 6. The molecule has 0 saturated carbocycles. The molecule has 0 amide bonds. The maximum Gasteiger partial charge on any atom is 0.178 e. The zero-order valence-electron chi connectivity index (χ0n) is 34.8. The highest BCUT2D eigenvalue weighted by Crippen LogP contribution is 2.44. The van der Waals surface area contributed by atoms with Crippen molar-refractivity contribution in [3.8, 4) is 0 Å².